The van der Waals surface area contributed by atoms with Crippen LogP contribution in [0, 0.1) is 6.92 Å². The SMILES string of the molecule is Cc1cnc2c(c1)nc(C(C)Cl)n2CC1CSCCS1. The quantitative estimate of drug-likeness (QED) is 0.800. The first-order chi connectivity index (χ1) is 9.65. The van der Waals surface area contributed by atoms with E-state index in [2.05, 4.69) is 27.4 Å². The Morgan fingerprint density at radius 3 is 3.05 bits per heavy atom. The zero-order chi connectivity index (χ0) is 14.1. The van der Waals surface area contributed by atoms with E-state index < -0.39 is 0 Å². The standard InChI is InChI=1S/C14H18ClN3S2/c1-9-5-12-14(16-6-9)18(13(17-12)10(2)15)7-11-8-19-3-4-20-11/h5-6,10-11H,3-4,7-8H2,1-2H3. The van der Waals surface area contributed by atoms with Crippen molar-refractivity contribution in [1.82, 2.24) is 14.5 Å². The molecular weight excluding hydrogens is 310 g/mol. The van der Waals surface area contributed by atoms with Gasteiger partial charge in [-0.15, -0.1) is 11.6 Å². The summed E-state index contributed by atoms with van der Waals surface area (Å²) in [4.78, 5) is 9.27. The largest absolute Gasteiger partial charge is 0.310 e. The van der Waals surface area contributed by atoms with Gasteiger partial charge in [-0.3, -0.25) is 0 Å². The topological polar surface area (TPSA) is 30.7 Å². The maximum atomic E-state index is 6.31. The van der Waals surface area contributed by atoms with Crippen molar-refractivity contribution >= 4 is 46.3 Å². The highest BCUT2D eigenvalue weighted by Crippen LogP contribution is 2.29. The van der Waals surface area contributed by atoms with Crippen molar-refractivity contribution in [3.63, 3.8) is 0 Å². The number of hydrogen-bond donors (Lipinski definition) is 0. The van der Waals surface area contributed by atoms with E-state index in [1.165, 1.54) is 17.3 Å². The molecule has 2 aromatic heterocycles. The van der Waals surface area contributed by atoms with Gasteiger partial charge in [0.15, 0.2) is 5.65 Å². The molecule has 6 heteroatoms. The third-order valence-corrected chi connectivity index (χ3v) is 6.40. The number of thioether (sulfide) groups is 2. The number of nitrogens with zero attached hydrogens (tertiary/aromatic N) is 3. The number of aromatic nitrogens is 3. The lowest BCUT2D eigenvalue weighted by atomic mass is 10.3. The molecule has 2 aromatic rings. The van der Waals surface area contributed by atoms with Crippen molar-refractivity contribution in [3.05, 3.63) is 23.7 Å². The number of halogens is 1. The van der Waals surface area contributed by atoms with Crippen molar-refractivity contribution in [2.45, 2.75) is 31.0 Å². The van der Waals surface area contributed by atoms with Gasteiger partial charge < -0.3 is 4.57 Å². The van der Waals surface area contributed by atoms with Crippen LogP contribution in [-0.2, 0) is 6.54 Å². The van der Waals surface area contributed by atoms with E-state index in [1.807, 2.05) is 31.8 Å². The average Bonchev–Trinajstić information content (AvgIpc) is 2.78. The van der Waals surface area contributed by atoms with Crippen LogP contribution in [0.5, 0.6) is 0 Å². The average molecular weight is 328 g/mol. The highest BCUT2D eigenvalue weighted by molar-refractivity contribution is 8.06. The Balaban J connectivity index is 1.99. The Hall–Kier alpha value is -0.390. The lowest BCUT2D eigenvalue weighted by Gasteiger charge is -2.22. The number of rotatable bonds is 3. The number of fused-ring (bicyclic) bond motifs is 1. The van der Waals surface area contributed by atoms with Crippen LogP contribution >= 0.6 is 35.1 Å². The van der Waals surface area contributed by atoms with Crippen molar-refractivity contribution in [1.29, 1.82) is 0 Å². The van der Waals surface area contributed by atoms with Crippen LogP contribution in [0.25, 0.3) is 11.2 Å². The first-order valence-electron chi connectivity index (χ1n) is 6.81. The molecule has 3 rings (SSSR count). The van der Waals surface area contributed by atoms with Gasteiger partial charge in [-0.1, -0.05) is 0 Å². The molecule has 0 radical (unpaired) electrons. The molecule has 0 bridgehead atoms. The lowest BCUT2D eigenvalue weighted by molar-refractivity contribution is 0.662. The smallest absolute Gasteiger partial charge is 0.160 e. The summed E-state index contributed by atoms with van der Waals surface area (Å²) in [6.07, 6.45) is 1.91. The van der Waals surface area contributed by atoms with Gasteiger partial charge in [-0.2, -0.15) is 23.5 Å². The Morgan fingerprint density at radius 2 is 2.35 bits per heavy atom. The van der Waals surface area contributed by atoms with Gasteiger partial charge >= 0.3 is 0 Å². The second-order valence-electron chi connectivity index (χ2n) is 5.12. The molecule has 20 heavy (non-hydrogen) atoms. The molecule has 0 saturated carbocycles. The molecule has 0 amide bonds. The maximum absolute atomic E-state index is 6.31. The van der Waals surface area contributed by atoms with Gasteiger partial charge in [-0.25, -0.2) is 9.97 Å². The monoisotopic (exact) mass is 327 g/mol. The van der Waals surface area contributed by atoms with Crippen LogP contribution in [0.2, 0.25) is 0 Å². The van der Waals surface area contributed by atoms with E-state index in [4.69, 9.17) is 16.6 Å². The minimum atomic E-state index is -0.0919. The molecule has 0 spiro atoms. The van der Waals surface area contributed by atoms with Gasteiger partial charge in [0, 0.05) is 35.3 Å². The summed E-state index contributed by atoms with van der Waals surface area (Å²) >= 11 is 10.4. The van der Waals surface area contributed by atoms with Gasteiger partial charge in [0.05, 0.1) is 5.38 Å². The summed E-state index contributed by atoms with van der Waals surface area (Å²) in [6.45, 7) is 4.98. The predicted octanol–water partition coefficient (Wildman–Crippen LogP) is 3.89. The minimum absolute atomic E-state index is 0.0919. The van der Waals surface area contributed by atoms with Crippen LogP contribution in [0.4, 0.5) is 0 Å². The molecule has 0 aromatic carbocycles. The fourth-order valence-electron chi connectivity index (χ4n) is 2.46. The molecule has 3 nitrogen and oxygen atoms in total. The van der Waals surface area contributed by atoms with E-state index in [9.17, 15) is 0 Å². The number of pyridine rings is 1. The number of aryl methyl sites for hydroxylation is 1. The van der Waals surface area contributed by atoms with E-state index >= 15 is 0 Å². The molecular formula is C14H18ClN3S2. The molecule has 108 valence electrons. The van der Waals surface area contributed by atoms with Crippen molar-refractivity contribution in [3.8, 4) is 0 Å². The highest BCUT2D eigenvalue weighted by Gasteiger charge is 2.21. The van der Waals surface area contributed by atoms with Gasteiger partial charge in [-0.05, 0) is 25.5 Å². The van der Waals surface area contributed by atoms with E-state index in [0.29, 0.717) is 5.25 Å². The maximum Gasteiger partial charge on any atom is 0.160 e. The molecule has 1 saturated heterocycles. The van der Waals surface area contributed by atoms with Gasteiger partial charge in [0.2, 0.25) is 0 Å². The van der Waals surface area contributed by atoms with Crippen molar-refractivity contribution in [2.75, 3.05) is 17.3 Å². The minimum Gasteiger partial charge on any atom is -0.310 e. The van der Waals surface area contributed by atoms with Gasteiger partial charge in [0.1, 0.15) is 11.3 Å². The third kappa shape index (κ3) is 2.95. The fourth-order valence-corrected chi connectivity index (χ4v) is 5.28. The van der Waals surface area contributed by atoms with E-state index in [1.54, 1.807) is 0 Å². The van der Waals surface area contributed by atoms with E-state index in [-0.39, 0.29) is 5.38 Å². The third-order valence-electron chi connectivity index (χ3n) is 3.38. The number of hydrogen-bond acceptors (Lipinski definition) is 4. The Kier molecular flexibility index (Phi) is 4.48. The van der Waals surface area contributed by atoms with Crippen LogP contribution in [0.3, 0.4) is 0 Å². The Morgan fingerprint density at radius 1 is 1.50 bits per heavy atom. The zero-order valence-electron chi connectivity index (χ0n) is 11.7. The first-order valence-corrected chi connectivity index (χ1v) is 9.45. The van der Waals surface area contributed by atoms with Crippen LogP contribution in [0.15, 0.2) is 12.3 Å². The fraction of sp³-hybridized carbons (Fsp3) is 0.571. The number of alkyl halides is 1. The summed E-state index contributed by atoms with van der Waals surface area (Å²) in [6, 6.07) is 2.09. The predicted molar refractivity (Wildman–Crippen MR) is 90.1 cm³/mol. The molecule has 3 heterocycles. The molecule has 2 unspecified atom stereocenters. The summed E-state index contributed by atoms with van der Waals surface area (Å²) in [5, 5.41) is 0.536. The number of imidazole rings is 1. The summed E-state index contributed by atoms with van der Waals surface area (Å²) in [7, 11) is 0. The normalized spacial score (nSPS) is 21.2. The molecule has 1 aliphatic rings. The zero-order valence-corrected chi connectivity index (χ0v) is 14.1. The van der Waals surface area contributed by atoms with Crippen molar-refractivity contribution in [2.24, 2.45) is 0 Å². The van der Waals surface area contributed by atoms with Crippen molar-refractivity contribution < 1.29 is 0 Å². The Labute approximate surface area is 132 Å². The van der Waals surface area contributed by atoms with Crippen LogP contribution in [-0.4, -0.2) is 37.0 Å². The Bertz CT molecular complexity index is 606. The molecule has 0 N–H and O–H groups in total. The molecule has 1 fully saturated rings. The summed E-state index contributed by atoms with van der Waals surface area (Å²) < 4.78 is 2.22. The lowest BCUT2D eigenvalue weighted by Crippen LogP contribution is -2.22. The first kappa shape index (κ1) is 14.5. The van der Waals surface area contributed by atoms with Gasteiger partial charge in [0.25, 0.3) is 0 Å². The summed E-state index contributed by atoms with van der Waals surface area (Å²) in [5.74, 6) is 4.64. The van der Waals surface area contributed by atoms with E-state index in [0.717, 1.165) is 29.1 Å². The molecule has 2 atom stereocenters. The molecule has 0 aliphatic carbocycles. The highest BCUT2D eigenvalue weighted by atomic mass is 35.5. The second-order valence-corrected chi connectivity index (χ2v) is 8.33. The van der Waals surface area contributed by atoms with Crippen LogP contribution in [0.1, 0.15) is 23.7 Å². The molecule has 1 aliphatic heterocycles. The summed E-state index contributed by atoms with van der Waals surface area (Å²) in [5.41, 5.74) is 3.06. The second kappa shape index (κ2) is 6.16. The van der Waals surface area contributed by atoms with Crippen LogP contribution < -0.4 is 0 Å².